The van der Waals surface area contributed by atoms with Crippen molar-refractivity contribution in [3.8, 4) is 0 Å². The highest BCUT2D eigenvalue weighted by Crippen LogP contribution is 2.51. The molecule has 0 unspecified atom stereocenters. The van der Waals surface area contributed by atoms with Gasteiger partial charge in [-0.1, -0.05) is 6.42 Å². The van der Waals surface area contributed by atoms with Gasteiger partial charge in [-0.2, -0.15) is 0 Å². The van der Waals surface area contributed by atoms with Crippen LogP contribution in [0.25, 0.3) is 0 Å². The molecule has 4 fully saturated rings. The summed E-state index contributed by atoms with van der Waals surface area (Å²) in [6.07, 6.45) is 5.02. The van der Waals surface area contributed by atoms with Crippen molar-refractivity contribution in [3.63, 3.8) is 0 Å². The van der Waals surface area contributed by atoms with Crippen LogP contribution in [0, 0.1) is 23.2 Å². The first-order chi connectivity index (χ1) is 12.0. The van der Waals surface area contributed by atoms with Gasteiger partial charge in [-0.25, -0.2) is 8.78 Å². The van der Waals surface area contributed by atoms with E-state index < -0.39 is 11.8 Å². The summed E-state index contributed by atoms with van der Waals surface area (Å²) >= 11 is 0. The summed E-state index contributed by atoms with van der Waals surface area (Å²) < 4.78 is 37.7. The molecule has 4 nitrogen and oxygen atoms in total. The van der Waals surface area contributed by atoms with Gasteiger partial charge in [0, 0.05) is 57.1 Å². The summed E-state index contributed by atoms with van der Waals surface area (Å²) in [5.74, 6) is -2.08. The summed E-state index contributed by atoms with van der Waals surface area (Å²) in [7, 11) is 0. The number of halogens is 2. The molecule has 2 atom stereocenters. The van der Waals surface area contributed by atoms with E-state index in [-0.39, 0.29) is 24.2 Å². The molecule has 6 heteroatoms. The van der Waals surface area contributed by atoms with Gasteiger partial charge in [0.05, 0.1) is 6.61 Å². The second-order valence-electron chi connectivity index (χ2n) is 8.70. The van der Waals surface area contributed by atoms with Crippen molar-refractivity contribution in [2.75, 3.05) is 39.5 Å². The predicted molar refractivity (Wildman–Crippen MR) is 88.4 cm³/mol. The fourth-order valence-corrected chi connectivity index (χ4v) is 5.25. The van der Waals surface area contributed by atoms with Gasteiger partial charge in [0.1, 0.15) is 0 Å². The van der Waals surface area contributed by atoms with Crippen molar-refractivity contribution in [2.45, 2.75) is 50.9 Å². The Morgan fingerprint density at radius 2 is 1.96 bits per heavy atom. The Labute approximate surface area is 148 Å². The van der Waals surface area contributed by atoms with E-state index in [4.69, 9.17) is 9.47 Å². The number of hydrogen-bond acceptors (Lipinski definition) is 3. The average Bonchev–Trinajstić information content (AvgIpc) is 3.10. The number of fused-ring (bicyclic) bond motifs is 1. The molecule has 0 bridgehead atoms. The standard InChI is InChI=1S/C19H29F2NO3/c20-19(21)8-15(9-19)17(23)22-10-16-2-1-5-18(16,12-22)13-25-11-14-3-6-24-7-4-14/h14-16H,1-13H2/t16-,18+/m0/s1. The molecule has 2 saturated heterocycles. The van der Waals surface area contributed by atoms with Crippen LogP contribution in [0.4, 0.5) is 8.78 Å². The number of rotatable bonds is 5. The molecule has 0 spiro atoms. The fraction of sp³-hybridized carbons (Fsp3) is 0.947. The maximum atomic E-state index is 13.1. The molecule has 0 aromatic carbocycles. The third kappa shape index (κ3) is 3.57. The molecule has 0 radical (unpaired) electrons. The number of ether oxygens (including phenoxy) is 2. The van der Waals surface area contributed by atoms with E-state index in [0.717, 1.165) is 52.0 Å². The SMILES string of the molecule is O=C(C1CC(F)(F)C1)N1C[C@@H]2CCC[C@]2(COCC2CCOCC2)C1. The highest BCUT2D eigenvalue weighted by molar-refractivity contribution is 5.80. The van der Waals surface area contributed by atoms with E-state index >= 15 is 0 Å². The maximum Gasteiger partial charge on any atom is 0.249 e. The molecule has 2 saturated carbocycles. The monoisotopic (exact) mass is 357 g/mol. The normalized spacial score (nSPS) is 35.6. The molecule has 0 aromatic rings. The number of likely N-dealkylation sites (tertiary alicyclic amines) is 1. The minimum Gasteiger partial charge on any atom is -0.381 e. The lowest BCUT2D eigenvalue weighted by Gasteiger charge is -2.36. The Morgan fingerprint density at radius 1 is 1.20 bits per heavy atom. The molecular weight excluding hydrogens is 328 g/mol. The van der Waals surface area contributed by atoms with E-state index in [9.17, 15) is 13.6 Å². The van der Waals surface area contributed by atoms with Crippen molar-refractivity contribution >= 4 is 5.91 Å². The minimum absolute atomic E-state index is 0.0517. The van der Waals surface area contributed by atoms with Gasteiger partial charge >= 0.3 is 0 Å². The highest BCUT2D eigenvalue weighted by Gasteiger charge is 2.55. The zero-order chi connectivity index (χ0) is 17.5. The lowest BCUT2D eigenvalue weighted by Crippen LogP contribution is -2.47. The lowest BCUT2D eigenvalue weighted by atomic mass is 9.80. The van der Waals surface area contributed by atoms with Gasteiger partial charge in [0.2, 0.25) is 11.8 Å². The summed E-state index contributed by atoms with van der Waals surface area (Å²) in [5, 5.41) is 0. The number of hydrogen-bond donors (Lipinski definition) is 0. The zero-order valence-corrected chi connectivity index (χ0v) is 14.9. The maximum absolute atomic E-state index is 13.1. The van der Waals surface area contributed by atoms with Crippen LogP contribution in [0.5, 0.6) is 0 Å². The van der Waals surface area contributed by atoms with Crippen LogP contribution < -0.4 is 0 Å². The molecule has 0 N–H and O–H groups in total. The van der Waals surface area contributed by atoms with Crippen LogP contribution in [0.2, 0.25) is 0 Å². The Morgan fingerprint density at radius 3 is 2.68 bits per heavy atom. The van der Waals surface area contributed by atoms with Crippen LogP contribution >= 0.6 is 0 Å². The third-order valence-electron chi connectivity index (χ3n) is 6.87. The molecule has 25 heavy (non-hydrogen) atoms. The van der Waals surface area contributed by atoms with E-state index in [2.05, 4.69) is 0 Å². The average molecular weight is 357 g/mol. The number of carbonyl (C=O) groups is 1. The van der Waals surface area contributed by atoms with Gasteiger partial charge in [-0.3, -0.25) is 4.79 Å². The Hall–Kier alpha value is -0.750. The van der Waals surface area contributed by atoms with Gasteiger partial charge in [0.15, 0.2) is 0 Å². The summed E-state index contributed by atoms with van der Waals surface area (Å²) in [6, 6.07) is 0. The number of carbonyl (C=O) groups excluding carboxylic acids is 1. The smallest absolute Gasteiger partial charge is 0.249 e. The van der Waals surface area contributed by atoms with Crippen LogP contribution in [0.3, 0.4) is 0 Å². The quantitative estimate of drug-likeness (QED) is 0.759. The Bertz CT molecular complexity index is 501. The van der Waals surface area contributed by atoms with Crippen molar-refractivity contribution in [1.82, 2.24) is 4.90 Å². The molecule has 0 aromatic heterocycles. The molecule has 4 rings (SSSR count). The second-order valence-corrected chi connectivity index (χ2v) is 8.70. The molecule has 4 aliphatic rings. The van der Waals surface area contributed by atoms with Crippen LogP contribution in [-0.4, -0.2) is 56.2 Å². The summed E-state index contributed by atoms with van der Waals surface area (Å²) in [6.45, 7) is 4.58. The van der Waals surface area contributed by atoms with E-state index in [1.165, 1.54) is 6.42 Å². The van der Waals surface area contributed by atoms with Crippen LogP contribution in [0.15, 0.2) is 0 Å². The van der Waals surface area contributed by atoms with Crippen molar-refractivity contribution in [1.29, 1.82) is 0 Å². The van der Waals surface area contributed by atoms with Crippen LogP contribution in [0.1, 0.15) is 44.9 Å². The fourth-order valence-electron chi connectivity index (χ4n) is 5.25. The topological polar surface area (TPSA) is 38.8 Å². The lowest BCUT2D eigenvalue weighted by molar-refractivity contribution is -0.159. The first-order valence-electron chi connectivity index (χ1n) is 9.80. The highest BCUT2D eigenvalue weighted by atomic mass is 19.3. The molecular formula is C19H29F2NO3. The van der Waals surface area contributed by atoms with Gasteiger partial charge in [0.25, 0.3) is 0 Å². The van der Waals surface area contributed by atoms with E-state index in [0.29, 0.717) is 25.0 Å². The second kappa shape index (κ2) is 6.76. The summed E-state index contributed by atoms with van der Waals surface area (Å²) in [4.78, 5) is 14.4. The van der Waals surface area contributed by atoms with E-state index in [1.54, 1.807) is 0 Å². The largest absolute Gasteiger partial charge is 0.381 e. The van der Waals surface area contributed by atoms with Gasteiger partial charge in [-0.05, 0) is 37.5 Å². The van der Waals surface area contributed by atoms with E-state index in [1.807, 2.05) is 4.90 Å². The van der Waals surface area contributed by atoms with Crippen molar-refractivity contribution in [2.24, 2.45) is 23.2 Å². The zero-order valence-electron chi connectivity index (χ0n) is 14.9. The van der Waals surface area contributed by atoms with Crippen LogP contribution in [-0.2, 0) is 14.3 Å². The molecule has 2 aliphatic carbocycles. The molecule has 142 valence electrons. The third-order valence-corrected chi connectivity index (χ3v) is 6.87. The van der Waals surface area contributed by atoms with Crippen molar-refractivity contribution in [3.05, 3.63) is 0 Å². The number of alkyl halides is 2. The Kier molecular flexibility index (Phi) is 4.78. The summed E-state index contributed by atoms with van der Waals surface area (Å²) in [5.41, 5.74) is 0.0626. The molecule has 2 aliphatic heterocycles. The van der Waals surface area contributed by atoms with Gasteiger partial charge in [-0.15, -0.1) is 0 Å². The van der Waals surface area contributed by atoms with Crippen molar-refractivity contribution < 1.29 is 23.0 Å². The number of amides is 1. The predicted octanol–water partition coefficient (Wildman–Crippen LogP) is 3.10. The first-order valence-corrected chi connectivity index (χ1v) is 9.80. The minimum atomic E-state index is -2.62. The molecule has 1 amide bonds. The first kappa shape index (κ1) is 17.7. The van der Waals surface area contributed by atoms with Gasteiger partial charge < -0.3 is 14.4 Å². The number of nitrogens with zero attached hydrogens (tertiary/aromatic N) is 1. The Balaban J connectivity index is 1.30. The molecule has 2 heterocycles.